The van der Waals surface area contributed by atoms with Crippen molar-refractivity contribution in [1.82, 2.24) is 0 Å². The molecule has 3 rings (SSSR count). The van der Waals surface area contributed by atoms with Gasteiger partial charge >= 0.3 is 17.9 Å². The van der Waals surface area contributed by atoms with Crippen LogP contribution in [0.5, 0.6) is 0 Å². The van der Waals surface area contributed by atoms with Crippen LogP contribution in [0.1, 0.15) is 20.7 Å². The summed E-state index contributed by atoms with van der Waals surface area (Å²) in [5.74, 6) is -5.29. The van der Waals surface area contributed by atoms with E-state index in [0.29, 0.717) is 11.8 Å². The Morgan fingerprint density at radius 3 is 2.04 bits per heavy atom. The summed E-state index contributed by atoms with van der Waals surface area (Å²) in [7, 11) is 0. The zero-order valence-corrected chi connectivity index (χ0v) is 14.8. The van der Waals surface area contributed by atoms with Gasteiger partial charge in [0.15, 0.2) is 11.5 Å². The molecular weight excluding hydrogens is 378 g/mol. The van der Waals surface area contributed by atoms with E-state index in [-0.39, 0.29) is 11.1 Å². The fraction of sp³-hybridized carbons (Fsp3) is 0.263. The highest BCUT2D eigenvalue weighted by atomic mass is 32.2. The van der Waals surface area contributed by atoms with Crippen molar-refractivity contribution in [3.05, 3.63) is 71.8 Å². The first-order chi connectivity index (χ1) is 12.9. The molecule has 1 heterocycles. The number of carbonyl (C=O) groups excluding carboxylic acids is 2. The zero-order valence-electron chi connectivity index (χ0n) is 14.0. The first-order valence-corrected chi connectivity index (χ1v) is 9.03. The van der Waals surface area contributed by atoms with Crippen LogP contribution in [0.3, 0.4) is 0 Å². The SMILES string of the molecule is O=C(OC[C@@H]1SC(O)C(F)(F)[C@@H]1OC(=O)c1ccccc1)c1ccccc1. The first-order valence-electron chi connectivity index (χ1n) is 8.09. The summed E-state index contributed by atoms with van der Waals surface area (Å²) in [6, 6.07) is 15.8. The van der Waals surface area contributed by atoms with E-state index in [0.717, 1.165) is 0 Å². The molecule has 8 heteroatoms. The van der Waals surface area contributed by atoms with Crippen LogP contribution in [-0.2, 0) is 9.47 Å². The predicted octanol–water partition coefficient (Wildman–Crippen LogP) is 3.14. The molecule has 0 spiro atoms. The highest BCUT2D eigenvalue weighted by Gasteiger charge is 2.60. The summed E-state index contributed by atoms with van der Waals surface area (Å²) < 4.78 is 38.6. The monoisotopic (exact) mass is 394 g/mol. The van der Waals surface area contributed by atoms with Crippen LogP contribution >= 0.6 is 11.8 Å². The Labute approximate surface area is 158 Å². The van der Waals surface area contributed by atoms with Crippen LogP contribution in [0.2, 0.25) is 0 Å². The van der Waals surface area contributed by atoms with Gasteiger partial charge in [0.2, 0.25) is 0 Å². The first kappa shape index (κ1) is 19.3. The van der Waals surface area contributed by atoms with Crippen LogP contribution in [0.15, 0.2) is 60.7 Å². The number of thioether (sulfide) groups is 1. The molecule has 1 aliphatic rings. The fourth-order valence-electron chi connectivity index (χ4n) is 2.57. The number of ether oxygens (including phenoxy) is 2. The summed E-state index contributed by atoms with van der Waals surface area (Å²) >= 11 is 0.506. The van der Waals surface area contributed by atoms with Crippen molar-refractivity contribution in [2.45, 2.75) is 22.7 Å². The molecule has 1 unspecified atom stereocenters. The molecule has 0 radical (unpaired) electrons. The molecule has 0 saturated carbocycles. The Morgan fingerprint density at radius 2 is 1.48 bits per heavy atom. The van der Waals surface area contributed by atoms with E-state index in [2.05, 4.69) is 0 Å². The average molecular weight is 394 g/mol. The topological polar surface area (TPSA) is 72.8 Å². The second-order valence-electron chi connectivity index (χ2n) is 5.86. The minimum absolute atomic E-state index is 0.111. The molecule has 142 valence electrons. The molecule has 0 aliphatic carbocycles. The summed E-state index contributed by atoms with van der Waals surface area (Å²) in [5, 5.41) is 8.54. The Balaban J connectivity index is 1.69. The lowest BCUT2D eigenvalue weighted by Crippen LogP contribution is -2.44. The molecule has 0 amide bonds. The van der Waals surface area contributed by atoms with Crippen molar-refractivity contribution in [3.63, 3.8) is 0 Å². The molecule has 0 bridgehead atoms. The van der Waals surface area contributed by atoms with Crippen LogP contribution in [0, 0.1) is 0 Å². The smallest absolute Gasteiger partial charge is 0.338 e. The number of benzene rings is 2. The van der Waals surface area contributed by atoms with Crippen molar-refractivity contribution >= 4 is 23.7 Å². The van der Waals surface area contributed by atoms with E-state index in [9.17, 15) is 23.5 Å². The second-order valence-corrected chi connectivity index (χ2v) is 7.18. The molecule has 27 heavy (non-hydrogen) atoms. The molecule has 3 atom stereocenters. The lowest BCUT2D eigenvalue weighted by atomic mass is 10.1. The van der Waals surface area contributed by atoms with E-state index in [1.807, 2.05) is 0 Å². The molecule has 1 fully saturated rings. The van der Waals surface area contributed by atoms with Gasteiger partial charge in [-0.25, -0.2) is 9.59 Å². The minimum atomic E-state index is -3.67. The molecule has 2 aromatic rings. The lowest BCUT2D eigenvalue weighted by molar-refractivity contribution is -0.142. The van der Waals surface area contributed by atoms with Gasteiger partial charge < -0.3 is 14.6 Å². The molecular formula is C19H16F2O5S. The van der Waals surface area contributed by atoms with Gasteiger partial charge in [0.25, 0.3) is 0 Å². The van der Waals surface area contributed by atoms with Crippen molar-refractivity contribution in [2.24, 2.45) is 0 Å². The van der Waals surface area contributed by atoms with Crippen LogP contribution in [0.25, 0.3) is 0 Å². The number of aliphatic hydroxyl groups is 1. The Kier molecular flexibility index (Phi) is 5.76. The largest absolute Gasteiger partial charge is 0.461 e. The van der Waals surface area contributed by atoms with Crippen molar-refractivity contribution < 1.29 is 33.0 Å². The van der Waals surface area contributed by atoms with Crippen LogP contribution in [-0.4, -0.2) is 46.4 Å². The zero-order chi connectivity index (χ0) is 19.4. The van der Waals surface area contributed by atoms with Crippen molar-refractivity contribution in [3.8, 4) is 0 Å². The minimum Gasteiger partial charge on any atom is -0.461 e. The summed E-state index contributed by atoms with van der Waals surface area (Å²) in [4.78, 5) is 24.2. The number of carbonyl (C=O) groups is 2. The van der Waals surface area contributed by atoms with Gasteiger partial charge in [-0.15, -0.1) is 11.8 Å². The van der Waals surface area contributed by atoms with Gasteiger partial charge in [-0.05, 0) is 24.3 Å². The number of halogens is 2. The van der Waals surface area contributed by atoms with Gasteiger partial charge in [-0.3, -0.25) is 0 Å². The van der Waals surface area contributed by atoms with Crippen LogP contribution in [0.4, 0.5) is 8.78 Å². The van der Waals surface area contributed by atoms with Gasteiger partial charge in [0, 0.05) is 0 Å². The second kappa shape index (κ2) is 8.06. The molecule has 1 N–H and O–H groups in total. The number of aliphatic hydroxyl groups excluding tert-OH is 1. The van der Waals surface area contributed by atoms with E-state index >= 15 is 0 Å². The van der Waals surface area contributed by atoms with E-state index in [1.165, 1.54) is 24.3 Å². The number of rotatable bonds is 5. The van der Waals surface area contributed by atoms with E-state index in [1.54, 1.807) is 36.4 Å². The Morgan fingerprint density at radius 1 is 0.963 bits per heavy atom. The standard InChI is InChI=1S/C19H16F2O5S/c20-19(21)15(26-17(23)13-9-5-2-6-10-13)14(27-18(19)24)11-25-16(22)12-7-3-1-4-8-12/h1-10,14-15,18,24H,11H2/t14-,15+,18?/m0/s1. The number of hydrogen-bond donors (Lipinski definition) is 1. The molecule has 5 nitrogen and oxygen atoms in total. The molecule has 2 aromatic carbocycles. The highest BCUT2D eigenvalue weighted by Crippen LogP contribution is 2.46. The van der Waals surface area contributed by atoms with Gasteiger partial charge in [0.1, 0.15) is 6.61 Å². The maximum Gasteiger partial charge on any atom is 0.338 e. The van der Waals surface area contributed by atoms with Crippen LogP contribution < -0.4 is 0 Å². The summed E-state index contributed by atoms with van der Waals surface area (Å²) in [6.45, 7) is -0.433. The third-order valence-electron chi connectivity index (χ3n) is 3.98. The fourth-order valence-corrected chi connectivity index (χ4v) is 3.74. The number of alkyl halides is 2. The highest BCUT2D eigenvalue weighted by molar-refractivity contribution is 8.00. The average Bonchev–Trinajstić information content (AvgIpc) is 2.90. The summed E-state index contributed by atoms with van der Waals surface area (Å²) in [6.07, 6.45) is -1.92. The maximum atomic E-state index is 14.3. The van der Waals surface area contributed by atoms with E-state index in [4.69, 9.17) is 9.47 Å². The summed E-state index contributed by atoms with van der Waals surface area (Å²) in [5.41, 5.74) is -1.68. The van der Waals surface area contributed by atoms with Crippen molar-refractivity contribution in [1.29, 1.82) is 0 Å². The molecule has 0 aromatic heterocycles. The normalized spacial score (nSPS) is 23.6. The maximum absolute atomic E-state index is 14.3. The van der Waals surface area contributed by atoms with Gasteiger partial charge in [-0.1, -0.05) is 36.4 Å². The quantitative estimate of drug-likeness (QED) is 0.786. The number of hydrogen-bond acceptors (Lipinski definition) is 6. The Bertz CT molecular complexity index is 800. The third-order valence-corrected chi connectivity index (χ3v) is 5.29. The van der Waals surface area contributed by atoms with E-state index < -0.39 is 41.3 Å². The van der Waals surface area contributed by atoms with Gasteiger partial charge in [-0.2, -0.15) is 8.78 Å². The third kappa shape index (κ3) is 4.28. The Hall–Kier alpha value is -2.45. The number of esters is 2. The van der Waals surface area contributed by atoms with Crippen molar-refractivity contribution in [2.75, 3.05) is 6.61 Å². The molecule has 1 aliphatic heterocycles. The predicted molar refractivity (Wildman–Crippen MR) is 94.7 cm³/mol. The molecule has 1 saturated heterocycles. The van der Waals surface area contributed by atoms with Gasteiger partial charge in [0.05, 0.1) is 16.4 Å². The lowest BCUT2D eigenvalue weighted by Gasteiger charge is -2.24.